The zero-order valence-corrected chi connectivity index (χ0v) is 11.2. The summed E-state index contributed by atoms with van der Waals surface area (Å²) in [6.45, 7) is 0.522. The van der Waals surface area contributed by atoms with E-state index < -0.39 is 5.97 Å². The van der Waals surface area contributed by atoms with Gasteiger partial charge in [0.05, 0.1) is 17.8 Å². The zero-order chi connectivity index (χ0) is 14.7. The van der Waals surface area contributed by atoms with Gasteiger partial charge < -0.3 is 10.4 Å². The normalized spacial score (nSPS) is 10.5. The zero-order valence-electron chi connectivity index (χ0n) is 11.2. The molecule has 0 fully saturated rings. The first-order chi connectivity index (χ1) is 10.2. The van der Waals surface area contributed by atoms with Crippen molar-refractivity contribution in [2.45, 2.75) is 6.54 Å². The second-order valence-electron chi connectivity index (χ2n) is 4.55. The van der Waals surface area contributed by atoms with Crippen molar-refractivity contribution >= 4 is 22.6 Å². The van der Waals surface area contributed by atoms with Gasteiger partial charge in [-0.25, -0.2) is 9.78 Å². The molecule has 0 unspecified atom stereocenters. The van der Waals surface area contributed by atoms with Crippen LogP contribution in [0.4, 0.5) is 5.69 Å². The number of pyridine rings is 2. The summed E-state index contributed by atoms with van der Waals surface area (Å²) in [4.78, 5) is 19.5. The summed E-state index contributed by atoms with van der Waals surface area (Å²) in [6.07, 6.45) is 1.73. The van der Waals surface area contributed by atoms with Crippen LogP contribution >= 0.6 is 0 Å². The van der Waals surface area contributed by atoms with Gasteiger partial charge in [0.1, 0.15) is 0 Å². The molecule has 0 spiro atoms. The number of fused-ring (bicyclic) bond motifs is 1. The Labute approximate surface area is 121 Å². The minimum Gasteiger partial charge on any atom is -0.477 e. The maximum atomic E-state index is 11.2. The summed E-state index contributed by atoms with van der Waals surface area (Å²) in [5, 5.41) is 13.3. The van der Waals surface area contributed by atoms with Crippen LogP contribution in [-0.4, -0.2) is 21.0 Å². The number of carboxylic acids is 1. The quantitative estimate of drug-likeness (QED) is 0.768. The molecule has 0 aliphatic carbocycles. The molecule has 21 heavy (non-hydrogen) atoms. The summed E-state index contributed by atoms with van der Waals surface area (Å²) in [6, 6.07) is 14.7. The second-order valence-corrected chi connectivity index (χ2v) is 4.55. The van der Waals surface area contributed by atoms with Crippen LogP contribution in [-0.2, 0) is 6.54 Å². The fourth-order valence-corrected chi connectivity index (χ4v) is 2.12. The van der Waals surface area contributed by atoms with Gasteiger partial charge in [0.25, 0.3) is 0 Å². The lowest BCUT2D eigenvalue weighted by atomic mass is 10.1. The SMILES string of the molecule is O=C(O)c1cc(NCc2ccccn2)c2ccccc2n1. The number of aromatic nitrogens is 2. The van der Waals surface area contributed by atoms with Crippen molar-refractivity contribution in [1.29, 1.82) is 0 Å². The fourth-order valence-electron chi connectivity index (χ4n) is 2.12. The van der Waals surface area contributed by atoms with Gasteiger partial charge in [0.15, 0.2) is 5.69 Å². The van der Waals surface area contributed by atoms with Crippen molar-refractivity contribution in [3.63, 3.8) is 0 Å². The van der Waals surface area contributed by atoms with Gasteiger partial charge in [-0.05, 0) is 24.3 Å². The van der Waals surface area contributed by atoms with Crippen LogP contribution in [0, 0.1) is 0 Å². The molecule has 0 atom stereocenters. The van der Waals surface area contributed by atoms with E-state index in [-0.39, 0.29) is 5.69 Å². The number of carboxylic acid groups (broad SMARTS) is 1. The molecule has 5 heteroatoms. The van der Waals surface area contributed by atoms with Crippen molar-refractivity contribution in [3.8, 4) is 0 Å². The van der Waals surface area contributed by atoms with E-state index in [0.717, 1.165) is 16.8 Å². The van der Waals surface area contributed by atoms with E-state index in [4.69, 9.17) is 5.11 Å². The molecule has 2 aromatic heterocycles. The number of nitrogens with one attached hydrogen (secondary N) is 1. The summed E-state index contributed by atoms with van der Waals surface area (Å²) >= 11 is 0. The lowest BCUT2D eigenvalue weighted by Crippen LogP contribution is -2.06. The Morgan fingerprint density at radius 3 is 2.71 bits per heavy atom. The minimum atomic E-state index is -1.04. The van der Waals surface area contributed by atoms with Gasteiger partial charge in [-0.15, -0.1) is 0 Å². The van der Waals surface area contributed by atoms with Crippen LogP contribution in [0.3, 0.4) is 0 Å². The predicted molar refractivity (Wildman–Crippen MR) is 80.3 cm³/mol. The molecule has 0 bridgehead atoms. The van der Waals surface area contributed by atoms with E-state index >= 15 is 0 Å². The summed E-state index contributed by atoms with van der Waals surface area (Å²) in [7, 11) is 0. The number of carbonyl (C=O) groups is 1. The van der Waals surface area contributed by atoms with E-state index in [9.17, 15) is 4.79 Å². The third kappa shape index (κ3) is 2.81. The van der Waals surface area contributed by atoms with E-state index in [0.29, 0.717) is 12.1 Å². The average molecular weight is 279 g/mol. The van der Waals surface area contributed by atoms with E-state index in [2.05, 4.69) is 15.3 Å². The van der Waals surface area contributed by atoms with Crippen LogP contribution in [0.2, 0.25) is 0 Å². The Bertz CT molecular complexity index is 788. The van der Waals surface area contributed by atoms with Crippen molar-refractivity contribution in [3.05, 3.63) is 66.1 Å². The van der Waals surface area contributed by atoms with E-state index in [1.807, 2.05) is 36.4 Å². The molecule has 0 radical (unpaired) electrons. The monoisotopic (exact) mass is 279 g/mol. The van der Waals surface area contributed by atoms with Crippen LogP contribution in [0.5, 0.6) is 0 Å². The number of rotatable bonds is 4. The molecule has 0 saturated heterocycles. The third-order valence-electron chi connectivity index (χ3n) is 3.12. The van der Waals surface area contributed by atoms with Gasteiger partial charge in [-0.2, -0.15) is 0 Å². The third-order valence-corrected chi connectivity index (χ3v) is 3.12. The van der Waals surface area contributed by atoms with E-state index in [1.165, 1.54) is 0 Å². The summed E-state index contributed by atoms with van der Waals surface area (Å²) < 4.78 is 0. The van der Waals surface area contributed by atoms with Crippen LogP contribution in [0.1, 0.15) is 16.2 Å². The Morgan fingerprint density at radius 2 is 1.95 bits per heavy atom. The van der Waals surface area contributed by atoms with E-state index in [1.54, 1.807) is 18.3 Å². The highest BCUT2D eigenvalue weighted by atomic mass is 16.4. The summed E-state index contributed by atoms with van der Waals surface area (Å²) in [5.74, 6) is -1.04. The molecule has 1 aromatic carbocycles. The number of aromatic carboxylic acids is 1. The molecule has 2 N–H and O–H groups in total. The van der Waals surface area contributed by atoms with Gasteiger partial charge >= 0.3 is 5.97 Å². The molecule has 2 heterocycles. The Kier molecular flexibility index (Phi) is 3.47. The molecule has 104 valence electrons. The lowest BCUT2D eigenvalue weighted by molar-refractivity contribution is 0.0691. The Balaban J connectivity index is 1.98. The highest BCUT2D eigenvalue weighted by Crippen LogP contribution is 2.23. The number of hydrogen-bond acceptors (Lipinski definition) is 4. The first-order valence-corrected chi connectivity index (χ1v) is 6.51. The number of para-hydroxylation sites is 1. The van der Waals surface area contributed by atoms with Crippen LogP contribution in [0.15, 0.2) is 54.7 Å². The second kappa shape index (κ2) is 5.58. The largest absolute Gasteiger partial charge is 0.477 e. The highest BCUT2D eigenvalue weighted by molar-refractivity contribution is 5.97. The first-order valence-electron chi connectivity index (χ1n) is 6.51. The van der Waals surface area contributed by atoms with Crippen molar-refractivity contribution in [1.82, 2.24) is 9.97 Å². The maximum absolute atomic E-state index is 11.2. The Morgan fingerprint density at radius 1 is 1.14 bits per heavy atom. The van der Waals surface area contributed by atoms with Crippen LogP contribution < -0.4 is 5.32 Å². The molecular formula is C16H13N3O2. The number of nitrogens with zero attached hydrogens (tertiary/aromatic N) is 2. The minimum absolute atomic E-state index is 0.0252. The van der Waals surface area contributed by atoms with Crippen molar-refractivity contribution in [2.24, 2.45) is 0 Å². The molecular weight excluding hydrogens is 266 g/mol. The summed E-state index contributed by atoms with van der Waals surface area (Å²) in [5.41, 5.74) is 2.30. The van der Waals surface area contributed by atoms with Gasteiger partial charge in [-0.3, -0.25) is 4.98 Å². The highest BCUT2D eigenvalue weighted by Gasteiger charge is 2.10. The van der Waals surface area contributed by atoms with Gasteiger partial charge in [-0.1, -0.05) is 24.3 Å². The molecule has 0 amide bonds. The number of benzene rings is 1. The molecule has 0 aliphatic heterocycles. The van der Waals surface area contributed by atoms with Gasteiger partial charge in [0.2, 0.25) is 0 Å². The molecule has 3 aromatic rings. The van der Waals surface area contributed by atoms with Crippen molar-refractivity contribution in [2.75, 3.05) is 5.32 Å². The van der Waals surface area contributed by atoms with Crippen LogP contribution in [0.25, 0.3) is 10.9 Å². The molecule has 0 aliphatic rings. The molecule has 5 nitrogen and oxygen atoms in total. The standard InChI is InChI=1S/C16H13N3O2/c20-16(21)15-9-14(12-6-1-2-7-13(12)19-15)18-10-11-5-3-4-8-17-11/h1-9H,10H2,(H,18,19)(H,20,21). The van der Waals surface area contributed by atoms with Crippen molar-refractivity contribution < 1.29 is 9.90 Å². The topological polar surface area (TPSA) is 75.1 Å². The maximum Gasteiger partial charge on any atom is 0.354 e. The smallest absolute Gasteiger partial charge is 0.354 e. The lowest BCUT2D eigenvalue weighted by Gasteiger charge is -2.10. The number of hydrogen-bond donors (Lipinski definition) is 2. The molecule has 3 rings (SSSR count). The Hall–Kier alpha value is -2.95. The fraction of sp³-hybridized carbons (Fsp3) is 0.0625. The predicted octanol–water partition coefficient (Wildman–Crippen LogP) is 2.94. The number of anilines is 1. The first kappa shape index (κ1) is 13.1. The molecule has 0 saturated carbocycles. The average Bonchev–Trinajstić information content (AvgIpc) is 2.53. The van der Waals surface area contributed by atoms with Gasteiger partial charge in [0, 0.05) is 17.3 Å².